The summed E-state index contributed by atoms with van der Waals surface area (Å²) in [5.74, 6) is 0.933. The number of anilines is 1. The van der Waals surface area contributed by atoms with Crippen molar-refractivity contribution in [3.63, 3.8) is 0 Å². The molecule has 2 rings (SSSR count). The van der Waals surface area contributed by atoms with Crippen LogP contribution in [0.1, 0.15) is 44.6 Å². The van der Waals surface area contributed by atoms with E-state index < -0.39 is 0 Å². The Bertz CT molecular complexity index is 425. The van der Waals surface area contributed by atoms with Gasteiger partial charge >= 0.3 is 0 Å². The third-order valence-corrected chi connectivity index (χ3v) is 5.16. The highest BCUT2D eigenvalue weighted by Crippen LogP contribution is 2.34. The van der Waals surface area contributed by atoms with E-state index in [2.05, 4.69) is 24.9 Å². The molecular formula is C17H27ClN2. The SMILES string of the molecule is CCC1CCC(N(C)c2cccc(Cl)c2CCN)CC1. The predicted molar refractivity (Wildman–Crippen MR) is 88.7 cm³/mol. The van der Waals surface area contributed by atoms with Crippen molar-refractivity contribution in [3.05, 3.63) is 28.8 Å². The number of benzene rings is 1. The molecule has 0 aliphatic heterocycles. The highest BCUT2D eigenvalue weighted by Gasteiger charge is 2.24. The molecule has 1 saturated carbocycles. The van der Waals surface area contributed by atoms with Gasteiger partial charge in [-0.15, -0.1) is 0 Å². The van der Waals surface area contributed by atoms with Gasteiger partial charge in [0.05, 0.1) is 0 Å². The second kappa shape index (κ2) is 7.33. The Morgan fingerprint density at radius 3 is 2.55 bits per heavy atom. The van der Waals surface area contributed by atoms with Gasteiger partial charge in [-0.1, -0.05) is 31.0 Å². The van der Waals surface area contributed by atoms with Crippen molar-refractivity contribution in [2.75, 3.05) is 18.5 Å². The van der Waals surface area contributed by atoms with Crippen LogP contribution in [0.5, 0.6) is 0 Å². The van der Waals surface area contributed by atoms with E-state index >= 15 is 0 Å². The average Bonchev–Trinajstić information content (AvgIpc) is 2.49. The number of hydrogen-bond acceptors (Lipinski definition) is 2. The first kappa shape index (κ1) is 15.7. The van der Waals surface area contributed by atoms with Gasteiger partial charge in [-0.2, -0.15) is 0 Å². The zero-order chi connectivity index (χ0) is 14.5. The molecule has 1 aromatic rings. The van der Waals surface area contributed by atoms with E-state index in [0.717, 1.165) is 17.4 Å². The zero-order valence-electron chi connectivity index (χ0n) is 12.7. The van der Waals surface area contributed by atoms with Gasteiger partial charge in [-0.05, 0) is 62.3 Å². The van der Waals surface area contributed by atoms with Crippen LogP contribution < -0.4 is 10.6 Å². The third kappa shape index (κ3) is 3.48. The molecule has 0 saturated heterocycles. The molecule has 0 aromatic heterocycles. The number of nitrogens with two attached hydrogens (primary N) is 1. The van der Waals surface area contributed by atoms with E-state index in [1.165, 1.54) is 43.4 Å². The maximum Gasteiger partial charge on any atom is 0.0459 e. The molecule has 0 radical (unpaired) electrons. The van der Waals surface area contributed by atoms with Crippen molar-refractivity contribution in [3.8, 4) is 0 Å². The van der Waals surface area contributed by atoms with Gasteiger partial charge in [0.15, 0.2) is 0 Å². The largest absolute Gasteiger partial charge is 0.371 e. The van der Waals surface area contributed by atoms with Gasteiger partial charge in [0.2, 0.25) is 0 Å². The molecule has 1 aliphatic rings. The number of halogens is 1. The Hall–Kier alpha value is -0.730. The Labute approximate surface area is 128 Å². The van der Waals surface area contributed by atoms with Crippen molar-refractivity contribution in [2.45, 2.75) is 51.5 Å². The summed E-state index contributed by atoms with van der Waals surface area (Å²) in [6, 6.07) is 6.85. The first-order chi connectivity index (χ1) is 9.67. The van der Waals surface area contributed by atoms with E-state index in [4.69, 9.17) is 17.3 Å². The Kier molecular flexibility index (Phi) is 5.74. The summed E-state index contributed by atoms with van der Waals surface area (Å²) in [6.45, 7) is 2.96. The monoisotopic (exact) mass is 294 g/mol. The number of rotatable bonds is 5. The molecule has 0 amide bonds. The van der Waals surface area contributed by atoms with Crippen LogP contribution >= 0.6 is 11.6 Å². The van der Waals surface area contributed by atoms with Crippen LogP contribution in [-0.2, 0) is 6.42 Å². The lowest BCUT2D eigenvalue weighted by Crippen LogP contribution is -2.35. The molecule has 2 N–H and O–H groups in total. The molecule has 112 valence electrons. The Balaban J connectivity index is 2.13. The summed E-state index contributed by atoms with van der Waals surface area (Å²) in [4.78, 5) is 2.43. The van der Waals surface area contributed by atoms with Crippen molar-refractivity contribution in [2.24, 2.45) is 11.7 Å². The quantitative estimate of drug-likeness (QED) is 0.880. The second-order valence-electron chi connectivity index (χ2n) is 5.97. The van der Waals surface area contributed by atoms with Crippen molar-refractivity contribution >= 4 is 17.3 Å². The fraction of sp³-hybridized carbons (Fsp3) is 0.647. The molecule has 0 heterocycles. The van der Waals surface area contributed by atoms with E-state index in [9.17, 15) is 0 Å². The van der Waals surface area contributed by atoms with Gasteiger partial charge < -0.3 is 10.6 Å². The predicted octanol–water partition coefficient (Wildman–Crippen LogP) is 4.25. The van der Waals surface area contributed by atoms with E-state index in [1.54, 1.807) is 0 Å². The molecule has 0 unspecified atom stereocenters. The summed E-state index contributed by atoms with van der Waals surface area (Å²) in [7, 11) is 2.21. The summed E-state index contributed by atoms with van der Waals surface area (Å²) >= 11 is 6.35. The summed E-state index contributed by atoms with van der Waals surface area (Å²) in [6.07, 6.45) is 7.49. The first-order valence-electron chi connectivity index (χ1n) is 7.87. The molecular weight excluding hydrogens is 268 g/mol. The molecule has 0 atom stereocenters. The summed E-state index contributed by atoms with van der Waals surface area (Å²) < 4.78 is 0. The van der Waals surface area contributed by atoms with Crippen LogP contribution in [0, 0.1) is 5.92 Å². The lowest BCUT2D eigenvalue weighted by atomic mass is 9.84. The van der Waals surface area contributed by atoms with Gasteiger partial charge in [0.25, 0.3) is 0 Å². The molecule has 0 bridgehead atoms. The zero-order valence-corrected chi connectivity index (χ0v) is 13.5. The van der Waals surface area contributed by atoms with Crippen molar-refractivity contribution < 1.29 is 0 Å². The van der Waals surface area contributed by atoms with Crippen LogP contribution in [0.4, 0.5) is 5.69 Å². The number of hydrogen-bond donors (Lipinski definition) is 1. The highest BCUT2D eigenvalue weighted by atomic mass is 35.5. The van der Waals surface area contributed by atoms with Crippen LogP contribution in [-0.4, -0.2) is 19.6 Å². The minimum atomic E-state index is 0.646. The highest BCUT2D eigenvalue weighted by molar-refractivity contribution is 6.31. The molecule has 0 spiro atoms. The van der Waals surface area contributed by atoms with E-state index in [-0.39, 0.29) is 0 Å². The van der Waals surface area contributed by atoms with Gasteiger partial charge in [-0.3, -0.25) is 0 Å². The fourth-order valence-corrected chi connectivity index (χ4v) is 3.67. The first-order valence-corrected chi connectivity index (χ1v) is 8.25. The minimum absolute atomic E-state index is 0.646. The molecule has 1 aliphatic carbocycles. The van der Waals surface area contributed by atoms with Crippen LogP contribution in [0.2, 0.25) is 5.02 Å². The Morgan fingerprint density at radius 2 is 1.95 bits per heavy atom. The standard InChI is InChI=1S/C17H27ClN2/c1-3-13-7-9-14(10-8-13)20(2)17-6-4-5-16(18)15(17)11-12-19/h4-6,13-14H,3,7-12,19H2,1-2H3. The topological polar surface area (TPSA) is 29.3 Å². The van der Waals surface area contributed by atoms with Gasteiger partial charge in [0, 0.05) is 23.8 Å². The van der Waals surface area contributed by atoms with Crippen LogP contribution in [0.15, 0.2) is 18.2 Å². The van der Waals surface area contributed by atoms with Crippen LogP contribution in [0.25, 0.3) is 0 Å². The summed E-state index contributed by atoms with van der Waals surface area (Å²) in [5.41, 5.74) is 8.21. The lowest BCUT2D eigenvalue weighted by molar-refractivity contribution is 0.313. The minimum Gasteiger partial charge on any atom is -0.371 e. The van der Waals surface area contributed by atoms with Crippen molar-refractivity contribution in [1.29, 1.82) is 0 Å². The summed E-state index contributed by atoms with van der Waals surface area (Å²) in [5, 5.41) is 0.849. The molecule has 20 heavy (non-hydrogen) atoms. The van der Waals surface area contributed by atoms with Gasteiger partial charge in [-0.25, -0.2) is 0 Å². The fourth-order valence-electron chi connectivity index (χ4n) is 3.41. The smallest absolute Gasteiger partial charge is 0.0459 e. The molecule has 1 fully saturated rings. The normalized spacial score (nSPS) is 22.8. The van der Waals surface area contributed by atoms with Crippen LogP contribution in [0.3, 0.4) is 0 Å². The maximum atomic E-state index is 6.35. The molecule has 2 nitrogen and oxygen atoms in total. The second-order valence-corrected chi connectivity index (χ2v) is 6.38. The third-order valence-electron chi connectivity index (χ3n) is 4.81. The van der Waals surface area contributed by atoms with Crippen molar-refractivity contribution in [1.82, 2.24) is 0 Å². The average molecular weight is 295 g/mol. The molecule has 3 heteroatoms. The molecule has 1 aromatic carbocycles. The number of nitrogens with zero attached hydrogens (tertiary/aromatic N) is 1. The van der Waals surface area contributed by atoms with E-state index in [1.807, 2.05) is 12.1 Å². The Morgan fingerprint density at radius 1 is 1.25 bits per heavy atom. The van der Waals surface area contributed by atoms with E-state index in [0.29, 0.717) is 12.6 Å². The lowest BCUT2D eigenvalue weighted by Gasteiger charge is -2.37. The van der Waals surface area contributed by atoms with Gasteiger partial charge in [0.1, 0.15) is 0 Å². The maximum absolute atomic E-state index is 6.35.